The molecule has 2 aromatic rings. The minimum Gasteiger partial charge on any atom is -0.397 e. The summed E-state index contributed by atoms with van der Waals surface area (Å²) >= 11 is 1.80. The summed E-state index contributed by atoms with van der Waals surface area (Å²) in [6, 6.07) is 6.29. The standard InChI is InChI=1S/C13H17N3S/c1-10-8-13(15-9-12(10)14)16(2)6-5-11-4-3-7-17-11/h3-4,7-9H,5-6,14H2,1-2H3. The lowest BCUT2D eigenvalue weighted by atomic mass is 10.2. The molecule has 0 aliphatic rings. The van der Waals surface area contributed by atoms with Crippen molar-refractivity contribution in [2.75, 3.05) is 24.2 Å². The molecule has 2 N–H and O–H groups in total. The van der Waals surface area contributed by atoms with E-state index in [0.29, 0.717) is 0 Å². The van der Waals surface area contributed by atoms with Crippen molar-refractivity contribution in [3.05, 3.63) is 40.2 Å². The minimum atomic E-state index is 0.750. The molecule has 0 unspecified atom stereocenters. The third kappa shape index (κ3) is 2.97. The second-order valence-corrected chi connectivity index (χ2v) is 5.18. The molecule has 2 rings (SSSR count). The van der Waals surface area contributed by atoms with Gasteiger partial charge < -0.3 is 10.6 Å². The number of nitrogens with zero attached hydrogens (tertiary/aromatic N) is 2. The van der Waals surface area contributed by atoms with E-state index in [1.54, 1.807) is 17.5 Å². The smallest absolute Gasteiger partial charge is 0.128 e. The Morgan fingerprint density at radius 3 is 2.94 bits per heavy atom. The van der Waals surface area contributed by atoms with Crippen LogP contribution >= 0.6 is 11.3 Å². The van der Waals surface area contributed by atoms with Crippen LogP contribution in [0.15, 0.2) is 29.8 Å². The first-order chi connectivity index (χ1) is 8.16. The molecular formula is C13H17N3S. The highest BCUT2D eigenvalue weighted by Crippen LogP contribution is 2.17. The van der Waals surface area contributed by atoms with Gasteiger partial charge in [0.15, 0.2) is 0 Å². The van der Waals surface area contributed by atoms with Gasteiger partial charge >= 0.3 is 0 Å². The lowest BCUT2D eigenvalue weighted by Crippen LogP contribution is -2.21. The Labute approximate surface area is 106 Å². The van der Waals surface area contributed by atoms with Gasteiger partial charge in [-0.15, -0.1) is 11.3 Å². The second kappa shape index (κ2) is 5.19. The van der Waals surface area contributed by atoms with Crippen LogP contribution in [0, 0.1) is 6.92 Å². The zero-order valence-electron chi connectivity index (χ0n) is 10.2. The highest BCUT2D eigenvalue weighted by Gasteiger charge is 2.04. The zero-order valence-corrected chi connectivity index (χ0v) is 11.0. The van der Waals surface area contributed by atoms with Crippen LogP contribution < -0.4 is 10.6 Å². The van der Waals surface area contributed by atoms with Crippen LogP contribution in [0.4, 0.5) is 11.5 Å². The number of nitrogens with two attached hydrogens (primary N) is 1. The van der Waals surface area contributed by atoms with Crippen LogP contribution in [0.2, 0.25) is 0 Å². The van der Waals surface area contributed by atoms with Crippen molar-refractivity contribution in [2.45, 2.75) is 13.3 Å². The Hall–Kier alpha value is -1.55. The predicted molar refractivity (Wildman–Crippen MR) is 74.7 cm³/mol. The summed E-state index contributed by atoms with van der Waals surface area (Å²) in [7, 11) is 2.06. The second-order valence-electron chi connectivity index (χ2n) is 4.15. The van der Waals surface area contributed by atoms with Crippen LogP contribution in [-0.4, -0.2) is 18.6 Å². The molecule has 2 heterocycles. The van der Waals surface area contributed by atoms with E-state index in [-0.39, 0.29) is 0 Å². The summed E-state index contributed by atoms with van der Waals surface area (Å²) in [6.45, 7) is 2.98. The molecule has 90 valence electrons. The van der Waals surface area contributed by atoms with Gasteiger partial charge in [-0.05, 0) is 36.4 Å². The number of pyridine rings is 1. The Balaban J connectivity index is 1.99. The molecule has 3 nitrogen and oxygen atoms in total. The number of likely N-dealkylation sites (N-methyl/N-ethyl adjacent to an activating group) is 1. The Morgan fingerprint density at radius 1 is 1.47 bits per heavy atom. The maximum Gasteiger partial charge on any atom is 0.128 e. The first kappa shape index (κ1) is 11.9. The number of nitrogen functional groups attached to an aromatic ring is 1. The molecule has 0 radical (unpaired) electrons. The summed E-state index contributed by atoms with van der Waals surface area (Å²) in [5.41, 5.74) is 7.59. The van der Waals surface area contributed by atoms with E-state index in [9.17, 15) is 0 Å². The third-order valence-electron chi connectivity index (χ3n) is 2.80. The van der Waals surface area contributed by atoms with Crippen molar-refractivity contribution in [3.63, 3.8) is 0 Å². The fourth-order valence-corrected chi connectivity index (χ4v) is 2.31. The highest BCUT2D eigenvalue weighted by molar-refractivity contribution is 7.09. The van der Waals surface area contributed by atoms with Gasteiger partial charge in [-0.2, -0.15) is 0 Å². The molecule has 0 aliphatic heterocycles. The zero-order chi connectivity index (χ0) is 12.3. The highest BCUT2D eigenvalue weighted by atomic mass is 32.1. The maximum atomic E-state index is 5.76. The molecule has 0 spiro atoms. The quantitative estimate of drug-likeness (QED) is 0.903. The average molecular weight is 247 g/mol. The van der Waals surface area contributed by atoms with Gasteiger partial charge in [-0.1, -0.05) is 6.07 Å². The van der Waals surface area contributed by atoms with E-state index in [2.05, 4.69) is 34.4 Å². The summed E-state index contributed by atoms with van der Waals surface area (Å²) in [5, 5.41) is 2.11. The van der Waals surface area contributed by atoms with Crippen molar-refractivity contribution in [1.82, 2.24) is 4.98 Å². The van der Waals surface area contributed by atoms with E-state index in [1.807, 2.05) is 13.0 Å². The lowest BCUT2D eigenvalue weighted by Gasteiger charge is -2.18. The molecule has 0 aliphatic carbocycles. The molecule has 0 bridgehead atoms. The number of aromatic nitrogens is 1. The Bertz CT molecular complexity index is 479. The van der Waals surface area contributed by atoms with Crippen molar-refractivity contribution in [2.24, 2.45) is 0 Å². The first-order valence-corrected chi connectivity index (χ1v) is 6.50. The predicted octanol–water partition coefficient (Wildman–Crippen LogP) is 2.71. The number of hydrogen-bond donors (Lipinski definition) is 1. The summed E-state index contributed by atoms with van der Waals surface area (Å²) in [5.74, 6) is 0.980. The monoisotopic (exact) mass is 247 g/mol. The normalized spacial score (nSPS) is 10.5. The van der Waals surface area contributed by atoms with Gasteiger partial charge in [0.1, 0.15) is 5.82 Å². The van der Waals surface area contributed by atoms with Crippen molar-refractivity contribution < 1.29 is 0 Å². The van der Waals surface area contributed by atoms with Crippen molar-refractivity contribution in [3.8, 4) is 0 Å². The van der Waals surface area contributed by atoms with Gasteiger partial charge in [0.05, 0.1) is 11.9 Å². The third-order valence-corrected chi connectivity index (χ3v) is 3.74. The maximum absolute atomic E-state index is 5.76. The number of thiophene rings is 1. The topological polar surface area (TPSA) is 42.2 Å². The summed E-state index contributed by atoms with van der Waals surface area (Å²) in [6.07, 6.45) is 2.78. The first-order valence-electron chi connectivity index (χ1n) is 5.62. The van der Waals surface area contributed by atoms with Crippen molar-refractivity contribution >= 4 is 22.8 Å². The van der Waals surface area contributed by atoms with Crippen LogP contribution in [0.25, 0.3) is 0 Å². The largest absolute Gasteiger partial charge is 0.397 e. The molecule has 17 heavy (non-hydrogen) atoms. The molecule has 2 aromatic heterocycles. The Kier molecular flexibility index (Phi) is 3.64. The SMILES string of the molecule is Cc1cc(N(C)CCc2cccs2)ncc1N. The van der Waals surface area contributed by atoms with Gasteiger partial charge in [0, 0.05) is 18.5 Å². The number of anilines is 2. The molecule has 0 amide bonds. The van der Waals surface area contributed by atoms with Crippen LogP contribution in [0.3, 0.4) is 0 Å². The molecule has 0 fully saturated rings. The average Bonchev–Trinajstić information content (AvgIpc) is 2.82. The van der Waals surface area contributed by atoms with Gasteiger partial charge in [0.2, 0.25) is 0 Å². The molecular weight excluding hydrogens is 230 g/mol. The van der Waals surface area contributed by atoms with Crippen LogP contribution in [-0.2, 0) is 6.42 Å². The van der Waals surface area contributed by atoms with E-state index in [4.69, 9.17) is 5.73 Å². The summed E-state index contributed by atoms with van der Waals surface area (Å²) < 4.78 is 0. The van der Waals surface area contributed by atoms with E-state index in [1.165, 1.54) is 4.88 Å². The molecule has 4 heteroatoms. The summed E-state index contributed by atoms with van der Waals surface area (Å²) in [4.78, 5) is 7.91. The fraction of sp³-hybridized carbons (Fsp3) is 0.308. The van der Waals surface area contributed by atoms with E-state index < -0.39 is 0 Å². The van der Waals surface area contributed by atoms with Crippen molar-refractivity contribution in [1.29, 1.82) is 0 Å². The minimum absolute atomic E-state index is 0.750. The molecule has 0 aromatic carbocycles. The number of aryl methyl sites for hydroxylation is 1. The van der Waals surface area contributed by atoms with E-state index >= 15 is 0 Å². The van der Waals surface area contributed by atoms with Gasteiger partial charge in [-0.3, -0.25) is 0 Å². The Morgan fingerprint density at radius 2 is 2.29 bits per heavy atom. The van der Waals surface area contributed by atoms with E-state index in [0.717, 1.165) is 30.0 Å². The van der Waals surface area contributed by atoms with Crippen LogP contribution in [0.1, 0.15) is 10.4 Å². The van der Waals surface area contributed by atoms with Crippen LogP contribution in [0.5, 0.6) is 0 Å². The number of hydrogen-bond acceptors (Lipinski definition) is 4. The fourth-order valence-electron chi connectivity index (χ4n) is 1.61. The molecule has 0 saturated heterocycles. The molecule has 0 atom stereocenters. The number of rotatable bonds is 4. The van der Waals surface area contributed by atoms with Gasteiger partial charge in [-0.25, -0.2) is 4.98 Å². The lowest BCUT2D eigenvalue weighted by molar-refractivity contribution is 0.868. The molecule has 0 saturated carbocycles. The van der Waals surface area contributed by atoms with Gasteiger partial charge in [0.25, 0.3) is 0 Å².